The molecule has 0 aliphatic rings. The molecule has 2 aromatic rings. The Bertz CT molecular complexity index is 568. The Hall–Kier alpha value is -1.27. The molecule has 0 amide bonds. The first-order valence-corrected chi connectivity index (χ1v) is 6.99. The van der Waals surface area contributed by atoms with Crippen molar-refractivity contribution in [2.75, 3.05) is 6.54 Å². The van der Waals surface area contributed by atoms with Gasteiger partial charge in [0.2, 0.25) is 0 Å². The van der Waals surface area contributed by atoms with Gasteiger partial charge < -0.3 is 5.32 Å². The van der Waals surface area contributed by atoms with Gasteiger partial charge in [0.05, 0.1) is 22.1 Å². The predicted molar refractivity (Wildman–Crippen MR) is 75.8 cm³/mol. The minimum absolute atomic E-state index is 0.272. The lowest BCUT2D eigenvalue weighted by atomic mass is 10.2. The van der Waals surface area contributed by atoms with Crippen molar-refractivity contribution in [2.24, 2.45) is 0 Å². The number of aromatic nitrogens is 3. The van der Waals surface area contributed by atoms with Crippen LogP contribution in [0.15, 0.2) is 22.8 Å². The average molecular weight is 327 g/mol. The maximum Gasteiger partial charge on any atom is 0.137 e. The molecule has 1 heterocycles. The molecule has 0 saturated carbocycles. The maximum atomic E-state index is 13.4. The standard InChI is InChI=1S/C13H16BrFN4/c1-3-4-16-7-10-8-19(18-17-10)13-6-11(14)12(15)5-9(13)2/h5-6,8,16H,3-4,7H2,1-2H3. The molecular weight excluding hydrogens is 311 g/mol. The average Bonchev–Trinajstić information content (AvgIpc) is 2.83. The number of rotatable bonds is 5. The summed E-state index contributed by atoms with van der Waals surface area (Å²) in [6.07, 6.45) is 2.94. The molecule has 0 bridgehead atoms. The SMILES string of the molecule is CCCNCc1cn(-c2cc(Br)c(F)cc2C)nn1. The first kappa shape index (κ1) is 14.1. The summed E-state index contributed by atoms with van der Waals surface area (Å²) in [6.45, 7) is 5.61. The topological polar surface area (TPSA) is 42.7 Å². The van der Waals surface area contributed by atoms with E-state index in [-0.39, 0.29) is 5.82 Å². The Kier molecular flexibility index (Phi) is 4.66. The normalized spacial score (nSPS) is 10.9. The quantitative estimate of drug-likeness (QED) is 0.859. The first-order valence-electron chi connectivity index (χ1n) is 6.19. The summed E-state index contributed by atoms with van der Waals surface area (Å²) in [7, 11) is 0. The molecule has 0 saturated heterocycles. The van der Waals surface area contributed by atoms with Gasteiger partial charge >= 0.3 is 0 Å². The molecule has 6 heteroatoms. The van der Waals surface area contributed by atoms with Gasteiger partial charge in [-0.3, -0.25) is 0 Å². The van der Waals surface area contributed by atoms with Crippen LogP contribution in [0.3, 0.4) is 0 Å². The molecule has 0 radical (unpaired) electrons. The van der Waals surface area contributed by atoms with Crippen molar-refractivity contribution in [3.63, 3.8) is 0 Å². The van der Waals surface area contributed by atoms with E-state index in [1.165, 1.54) is 6.07 Å². The fraction of sp³-hybridized carbons (Fsp3) is 0.385. The van der Waals surface area contributed by atoms with Crippen LogP contribution in [-0.2, 0) is 6.54 Å². The first-order chi connectivity index (χ1) is 9.11. The second-order valence-corrected chi connectivity index (χ2v) is 5.24. The molecule has 0 unspecified atom stereocenters. The number of halogens is 2. The summed E-state index contributed by atoms with van der Waals surface area (Å²) in [5, 5.41) is 11.4. The van der Waals surface area contributed by atoms with Crippen LogP contribution in [0, 0.1) is 12.7 Å². The van der Waals surface area contributed by atoms with Crippen LogP contribution >= 0.6 is 15.9 Å². The van der Waals surface area contributed by atoms with Gasteiger partial charge in [0.15, 0.2) is 0 Å². The number of hydrogen-bond donors (Lipinski definition) is 1. The van der Waals surface area contributed by atoms with Gasteiger partial charge in [-0.1, -0.05) is 12.1 Å². The third-order valence-corrected chi connectivity index (χ3v) is 3.37. The molecule has 0 aliphatic heterocycles. The van der Waals surface area contributed by atoms with Gasteiger partial charge in [-0.15, -0.1) is 5.10 Å². The van der Waals surface area contributed by atoms with E-state index in [0.29, 0.717) is 11.0 Å². The Morgan fingerprint density at radius 2 is 2.21 bits per heavy atom. The molecule has 2 rings (SSSR count). The van der Waals surface area contributed by atoms with E-state index in [2.05, 4.69) is 38.5 Å². The lowest BCUT2D eigenvalue weighted by molar-refractivity contribution is 0.618. The summed E-state index contributed by atoms with van der Waals surface area (Å²) < 4.78 is 15.5. The van der Waals surface area contributed by atoms with Gasteiger partial charge in [0, 0.05) is 6.54 Å². The second kappa shape index (κ2) is 6.25. The minimum Gasteiger partial charge on any atom is -0.311 e. The Balaban J connectivity index is 2.20. The summed E-state index contributed by atoms with van der Waals surface area (Å²) in [4.78, 5) is 0. The van der Waals surface area contributed by atoms with Gasteiger partial charge in [-0.2, -0.15) is 0 Å². The molecule has 1 N–H and O–H groups in total. The summed E-state index contributed by atoms with van der Waals surface area (Å²) >= 11 is 3.19. The van der Waals surface area contributed by atoms with Crippen molar-refractivity contribution in [2.45, 2.75) is 26.8 Å². The van der Waals surface area contributed by atoms with Crippen molar-refractivity contribution in [3.05, 3.63) is 39.9 Å². The van der Waals surface area contributed by atoms with Crippen molar-refractivity contribution < 1.29 is 4.39 Å². The molecule has 0 atom stereocenters. The molecule has 1 aromatic heterocycles. The maximum absolute atomic E-state index is 13.4. The van der Waals surface area contributed by atoms with Crippen molar-refractivity contribution in [1.29, 1.82) is 0 Å². The summed E-state index contributed by atoms with van der Waals surface area (Å²) in [5.74, 6) is -0.272. The monoisotopic (exact) mass is 326 g/mol. The van der Waals surface area contributed by atoms with E-state index in [9.17, 15) is 4.39 Å². The predicted octanol–water partition coefficient (Wildman–Crippen LogP) is 2.98. The van der Waals surface area contributed by atoms with Gasteiger partial charge in [0.1, 0.15) is 5.82 Å². The molecule has 102 valence electrons. The van der Waals surface area contributed by atoms with Crippen LogP contribution in [0.2, 0.25) is 0 Å². The molecule has 0 aliphatic carbocycles. The fourth-order valence-corrected chi connectivity index (χ4v) is 2.10. The van der Waals surface area contributed by atoms with Crippen molar-refractivity contribution >= 4 is 15.9 Å². The molecule has 4 nitrogen and oxygen atoms in total. The van der Waals surface area contributed by atoms with E-state index in [4.69, 9.17) is 0 Å². The minimum atomic E-state index is -0.272. The zero-order chi connectivity index (χ0) is 13.8. The summed E-state index contributed by atoms with van der Waals surface area (Å²) in [6, 6.07) is 3.19. The van der Waals surface area contributed by atoms with Gasteiger partial charge in [0.25, 0.3) is 0 Å². The molecule has 19 heavy (non-hydrogen) atoms. The van der Waals surface area contributed by atoms with Crippen LogP contribution in [0.25, 0.3) is 5.69 Å². The van der Waals surface area contributed by atoms with Crippen LogP contribution in [0.1, 0.15) is 24.6 Å². The number of nitrogens with one attached hydrogen (secondary N) is 1. The Morgan fingerprint density at radius 3 is 2.95 bits per heavy atom. The van der Waals surface area contributed by atoms with Gasteiger partial charge in [-0.25, -0.2) is 9.07 Å². The molecular formula is C13H16BrFN4. The zero-order valence-electron chi connectivity index (χ0n) is 11.0. The Morgan fingerprint density at radius 1 is 1.42 bits per heavy atom. The van der Waals surface area contributed by atoms with E-state index in [1.54, 1.807) is 10.7 Å². The second-order valence-electron chi connectivity index (χ2n) is 4.38. The van der Waals surface area contributed by atoms with Crippen LogP contribution in [0.4, 0.5) is 4.39 Å². The third-order valence-electron chi connectivity index (χ3n) is 2.76. The zero-order valence-corrected chi connectivity index (χ0v) is 12.5. The van der Waals surface area contributed by atoms with E-state index in [1.807, 2.05) is 13.1 Å². The van der Waals surface area contributed by atoms with Crippen LogP contribution < -0.4 is 5.32 Å². The van der Waals surface area contributed by atoms with Gasteiger partial charge in [-0.05, 0) is 53.5 Å². The lowest BCUT2D eigenvalue weighted by Crippen LogP contribution is -2.13. The number of nitrogens with zero attached hydrogens (tertiary/aromatic N) is 3. The molecule has 0 spiro atoms. The highest BCUT2D eigenvalue weighted by molar-refractivity contribution is 9.10. The molecule has 1 aromatic carbocycles. The van der Waals surface area contributed by atoms with E-state index in [0.717, 1.165) is 29.9 Å². The van der Waals surface area contributed by atoms with Crippen LogP contribution in [0.5, 0.6) is 0 Å². The van der Waals surface area contributed by atoms with E-state index >= 15 is 0 Å². The number of benzene rings is 1. The van der Waals surface area contributed by atoms with E-state index < -0.39 is 0 Å². The Labute approximate surface area is 120 Å². The smallest absolute Gasteiger partial charge is 0.137 e. The fourth-order valence-electron chi connectivity index (χ4n) is 1.77. The van der Waals surface area contributed by atoms with Crippen molar-refractivity contribution in [3.8, 4) is 5.69 Å². The lowest BCUT2D eigenvalue weighted by Gasteiger charge is -2.06. The third kappa shape index (κ3) is 3.39. The van der Waals surface area contributed by atoms with Crippen LogP contribution in [-0.4, -0.2) is 21.5 Å². The number of aryl methyl sites for hydroxylation is 1. The summed E-state index contributed by atoms with van der Waals surface area (Å²) in [5.41, 5.74) is 2.51. The highest BCUT2D eigenvalue weighted by Crippen LogP contribution is 2.22. The molecule has 0 fully saturated rings. The highest BCUT2D eigenvalue weighted by Gasteiger charge is 2.09. The largest absolute Gasteiger partial charge is 0.311 e. The van der Waals surface area contributed by atoms with Crippen molar-refractivity contribution in [1.82, 2.24) is 20.3 Å². The number of hydrogen-bond acceptors (Lipinski definition) is 3. The highest BCUT2D eigenvalue weighted by atomic mass is 79.9.